The van der Waals surface area contributed by atoms with Crippen molar-refractivity contribution in [2.75, 3.05) is 0 Å². The first-order valence-corrected chi connectivity index (χ1v) is 5.67. The molecule has 0 fully saturated rings. The van der Waals surface area contributed by atoms with Crippen LogP contribution in [0.1, 0.15) is 24.9 Å². The Hall–Kier alpha value is -1.16. The van der Waals surface area contributed by atoms with Crippen LogP contribution < -0.4 is 5.32 Å². The summed E-state index contributed by atoms with van der Waals surface area (Å²) >= 11 is 3.34. The topological polar surface area (TPSA) is 29.1 Å². The molecular weight excluding hydrogens is 273 g/mol. The summed E-state index contributed by atoms with van der Waals surface area (Å²) in [5.41, 5.74) is 0.718. The van der Waals surface area contributed by atoms with E-state index >= 15 is 0 Å². The summed E-state index contributed by atoms with van der Waals surface area (Å²) in [6.07, 6.45) is 2.25. The summed E-state index contributed by atoms with van der Waals surface area (Å²) in [4.78, 5) is 11.0. The molecular formula is C12H13BrFNO. The van der Waals surface area contributed by atoms with Gasteiger partial charge in [0, 0.05) is 11.4 Å². The molecule has 0 bridgehead atoms. The first-order chi connectivity index (χ1) is 7.54. The van der Waals surface area contributed by atoms with E-state index in [4.69, 9.17) is 0 Å². The zero-order valence-corrected chi connectivity index (χ0v) is 10.6. The second kappa shape index (κ2) is 5.80. The van der Waals surface area contributed by atoms with Crippen molar-refractivity contribution >= 4 is 21.8 Å². The second-order valence-electron chi connectivity index (χ2n) is 3.44. The number of hydrogen-bond acceptors (Lipinski definition) is 1. The van der Waals surface area contributed by atoms with Gasteiger partial charge in [0.1, 0.15) is 5.82 Å². The lowest BCUT2D eigenvalue weighted by Gasteiger charge is -2.18. The van der Waals surface area contributed by atoms with Gasteiger partial charge >= 0.3 is 0 Å². The van der Waals surface area contributed by atoms with Crippen LogP contribution in [0, 0.1) is 5.82 Å². The average Bonchev–Trinajstić information content (AvgIpc) is 2.20. The van der Waals surface area contributed by atoms with Crippen LogP contribution in [0.3, 0.4) is 0 Å². The predicted molar refractivity (Wildman–Crippen MR) is 65.5 cm³/mol. The van der Waals surface area contributed by atoms with Crippen LogP contribution in [0.15, 0.2) is 35.3 Å². The van der Waals surface area contributed by atoms with Crippen molar-refractivity contribution < 1.29 is 9.18 Å². The van der Waals surface area contributed by atoms with Crippen LogP contribution >= 0.6 is 15.9 Å². The van der Waals surface area contributed by atoms with Crippen molar-refractivity contribution in [3.8, 4) is 0 Å². The van der Waals surface area contributed by atoms with E-state index in [2.05, 4.69) is 27.8 Å². The molecule has 2 nitrogen and oxygen atoms in total. The van der Waals surface area contributed by atoms with Crippen LogP contribution in [0.25, 0.3) is 0 Å². The number of benzene rings is 1. The Balaban J connectivity index is 3.03. The first kappa shape index (κ1) is 12.9. The summed E-state index contributed by atoms with van der Waals surface area (Å²) in [7, 11) is 0. The molecule has 0 spiro atoms. The molecule has 0 aliphatic heterocycles. The summed E-state index contributed by atoms with van der Waals surface area (Å²) in [6, 6.07) is 4.16. The fraction of sp³-hybridized carbons (Fsp3) is 0.250. The third-order valence-electron chi connectivity index (χ3n) is 2.11. The van der Waals surface area contributed by atoms with Crippen molar-refractivity contribution in [1.29, 1.82) is 0 Å². The van der Waals surface area contributed by atoms with E-state index in [1.165, 1.54) is 19.1 Å². The van der Waals surface area contributed by atoms with Gasteiger partial charge in [-0.2, -0.15) is 0 Å². The molecule has 1 atom stereocenters. The van der Waals surface area contributed by atoms with Gasteiger partial charge in [0.25, 0.3) is 0 Å². The standard InChI is InChI=1S/C12H13BrFNO/c1-3-4-12(15-8(2)16)10-7-9(14)5-6-11(10)13/h3,5-7,12H,1,4H2,2H3,(H,15,16)/t12-/m1/s1. The van der Waals surface area contributed by atoms with E-state index in [1.54, 1.807) is 12.1 Å². The Bertz CT molecular complexity index is 406. The van der Waals surface area contributed by atoms with Gasteiger partial charge in [-0.3, -0.25) is 4.79 Å². The lowest BCUT2D eigenvalue weighted by atomic mass is 10.0. The summed E-state index contributed by atoms with van der Waals surface area (Å²) in [6.45, 7) is 5.06. The quantitative estimate of drug-likeness (QED) is 0.845. The molecule has 0 saturated carbocycles. The van der Waals surface area contributed by atoms with Gasteiger partial charge in [0.2, 0.25) is 5.91 Å². The molecule has 0 heterocycles. The van der Waals surface area contributed by atoms with Gasteiger partial charge in [-0.15, -0.1) is 6.58 Å². The summed E-state index contributed by atoms with van der Waals surface area (Å²) < 4.78 is 13.9. The zero-order valence-electron chi connectivity index (χ0n) is 8.97. The average molecular weight is 286 g/mol. The predicted octanol–water partition coefficient (Wildman–Crippen LogP) is 3.34. The molecule has 1 aromatic rings. The van der Waals surface area contributed by atoms with Crippen molar-refractivity contribution in [1.82, 2.24) is 5.32 Å². The van der Waals surface area contributed by atoms with Crippen molar-refractivity contribution in [3.05, 3.63) is 46.7 Å². The zero-order chi connectivity index (χ0) is 12.1. The van der Waals surface area contributed by atoms with Gasteiger partial charge in [-0.25, -0.2) is 4.39 Å². The number of hydrogen-bond donors (Lipinski definition) is 1. The number of nitrogens with one attached hydrogen (secondary N) is 1. The van der Waals surface area contributed by atoms with Gasteiger partial charge in [-0.1, -0.05) is 22.0 Å². The van der Waals surface area contributed by atoms with Gasteiger partial charge < -0.3 is 5.32 Å². The third-order valence-corrected chi connectivity index (χ3v) is 2.84. The maximum atomic E-state index is 13.1. The molecule has 0 radical (unpaired) electrons. The van der Waals surface area contributed by atoms with E-state index in [0.29, 0.717) is 6.42 Å². The maximum Gasteiger partial charge on any atom is 0.217 e. The normalized spacial score (nSPS) is 11.9. The van der Waals surface area contributed by atoms with E-state index in [-0.39, 0.29) is 17.8 Å². The molecule has 1 rings (SSSR count). The van der Waals surface area contributed by atoms with E-state index in [1.807, 2.05) is 0 Å². The number of carbonyl (C=O) groups excluding carboxylic acids is 1. The van der Waals surface area contributed by atoms with E-state index in [9.17, 15) is 9.18 Å². The number of rotatable bonds is 4. The Morgan fingerprint density at radius 3 is 2.94 bits per heavy atom. The molecule has 0 aromatic heterocycles. The second-order valence-corrected chi connectivity index (χ2v) is 4.30. The number of amides is 1. The van der Waals surface area contributed by atoms with Gasteiger partial charge in [-0.05, 0) is 30.2 Å². The van der Waals surface area contributed by atoms with Crippen LogP contribution in [0.4, 0.5) is 4.39 Å². The van der Waals surface area contributed by atoms with Crippen LogP contribution in [0.2, 0.25) is 0 Å². The highest BCUT2D eigenvalue weighted by atomic mass is 79.9. The van der Waals surface area contributed by atoms with Crippen LogP contribution in [0.5, 0.6) is 0 Å². The van der Waals surface area contributed by atoms with Gasteiger partial charge in [0.15, 0.2) is 0 Å². The molecule has 0 aliphatic carbocycles. The molecule has 16 heavy (non-hydrogen) atoms. The van der Waals surface area contributed by atoms with Crippen LogP contribution in [-0.4, -0.2) is 5.91 Å². The fourth-order valence-corrected chi connectivity index (χ4v) is 1.98. The fourth-order valence-electron chi connectivity index (χ4n) is 1.46. The Labute approximate surface area is 103 Å². The first-order valence-electron chi connectivity index (χ1n) is 4.87. The molecule has 0 unspecified atom stereocenters. The lowest BCUT2D eigenvalue weighted by molar-refractivity contribution is -0.119. The Kier molecular flexibility index (Phi) is 4.68. The molecule has 0 saturated heterocycles. The minimum absolute atomic E-state index is 0.150. The summed E-state index contributed by atoms with van der Waals surface area (Å²) in [5, 5.41) is 2.76. The van der Waals surface area contributed by atoms with E-state index < -0.39 is 0 Å². The minimum atomic E-state index is -0.322. The van der Waals surface area contributed by atoms with Crippen molar-refractivity contribution in [2.45, 2.75) is 19.4 Å². The monoisotopic (exact) mass is 285 g/mol. The Morgan fingerprint density at radius 1 is 1.69 bits per heavy atom. The highest BCUT2D eigenvalue weighted by Crippen LogP contribution is 2.26. The minimum Gasteiger partial charge on any atom is -0.349 e. The number of halogens is 2. The van der Waals surface area contributed by atoms with Crippen molar-refractivity contribution in [2.24, 2.45) is 0 Å². The molecule has 0 aliphatic rings. The largest absolute Gasteiger partial charge is 0.349 e. The molecule has 1 amide bonds. The summed E-state index contributed by atoms with van der Waals surface area (Å²) in [5.74, 6) is -0.472. The molecule has 1 N–H and O–H groups in total. The lowest BCUT2D eigenvalue weighted by Crippen LogP contribution is -2.26. The van der Waals surface area contributed by atoms with Gasteiger partial charge in [0.05, 0.1) is 6.04 Å². The highest BCUT2D eigenvalue weighted by molar-refractivity contribution is 9.10. The van der Waals surface area contributed by atoms with Crippen molar-refractivity contribution in [3.63, 3.8) is 0 Å². The maximum absolute atomic E-state index is 13.1. The highest BCUT2D eigenvalue weighted by Gasteiger charge is 2.14. The smallest absolute Gasteiger partial charge is 0.217 e. The van der Waals surface area contributed by atoms with E-state index in [0.717, 1.165) is 10.0 Å². The SMILES string of the molecule is C=CC[C@@H](NC(C)=O)c1cc(F)ccc1Br. The molecule has 4 heteroatoms. The molecule has 86 valence electrons. The van der Waals surface area contributed by atoms with Crippen LogP contribution in [-0.2, 0) is 4.79 Å². The Morgan fingerprint density at radius 2 is 2.38 bits per heavy atom. The molecule has 1 aromatic carbocycles. The number of carbonyl (C=O) groups is 1. The third kappa shape index (κ3) is 3.45.